The first-order valence-corrected chi connectivity index (χ1v) is 13.4. The SMILES string of the molecule is CC(C)(C)C(=O)Nc1nnc(S(=O)(=O)N2CCN(C(c3ccccc3)c3ccccc3)CC2)s1. The zero-order valence-electron chi connectivity index (χ0n) is 19.5. The molecule has 180 valence electrons. The van der Waals surface area contributed by atoms with Crippen molar-refractivity contribution in [1.29, 1.82) is 0 Å². The molecule has 0 spiro atoms. The molecule has 0 bridgehead atoms. The lowest BCUT2D eigenvalue weighted by molar-refractivity contribution is -0.123. The molecule has 0 radical (unpaired) electrons. The molecule has 8 nitrogen and oxygen atoms in total. The molecule has 1 saturated heterocycles. The van der Waals surface area contributed by atoms with Crippen LogP contribution >= 0.6 is 11.3 Å². The highest BCUT2D eigenvalue weighted by Crippen LogP contribution is 2.31. The minimum absolute atomic E-state index is 0.0491. The van der Waals surface area contributed by atoms with Crippen molar-refractivity contribution in [3.05, 3.63) is 71.8 Å². The first-order chi connectivity index (χ1) is 16.2. The molecule has 0 unspecified atom stereocenters. The number of rotatable bonds is 6. The van der Waals surface area contributed by atoms with Gasteiger partial charge in [0.05, 0.1) is 6.04 Å². The van der Waals surface area contributed by atoms with Gasteiger partial charge in [-0.15, -0.1) is 10.2 Å². The Kier molecular flexibility index (Phi) is 7.13. The molecule has 0 atom stereocenters. The van der Waals surface area contributed by atoms with Crippen LogP contribution in [0.4, 0.5) is 5.13 Å². The lowest BCUT2D eigenvalue weighted by Gasteiger charge is -2.38. The van der Waals surface area contributed by atoms with Gasteiger partial charge in [-0.25, -0.2) is 8.42 Å². The summed E-state index contributed by atoms with van der Waals surface area (Å²) in [5, 5.41) is 10.6. The van der Waals surface area contributed by atoms with Crippen LogP contribution in [0.25, 0.3) is 0 Å². The van der Waals surface area contributed by atoms with E-state index < -0.39 is 15.4 Å². The summed E-state index contributed by atoms with van der Waals surface area (Å²) < 4.78 is 27.8. The predicted molar refractivity (Wildman–Crippen MR) is 133 cm³/mol. The minimum Gasteiger partial charge on any atom is -0.300 e. The van der Waals surface area contributed by atoms with E-state index >= 15 is 0 Å². The number of aromatic nitrogens is 2. The van der Waals surface area contributed by atoms with E-state index in [9.17, 15) is 13.2 Å². The molecule has 10 heteroatoms. The van der Waals surface area contributed by atoms with Crippen LogP contribution in [0.3, 0.4) is 0 Å². The number of hydrogen-bond acceptors (Lipinski definition) is 7. The van der Waals surface area contributed by atoms with Crippen molar-refractivity contribution in [1.82, 2.24) is 19.4 Å². The van der Waals surface area contributed by atoms with E-state index in [1.54, 1.807) is 20.8 Å². The van der Waals surface area contributed by atoms with Crippen LogP contribution in [0, 0.1) is 5.41 Å². The van der Waals surface area contributed by atoms with Crippen molar-refractivity contribution in [2.75, 3.05) is 31.5 Å². The monoisotopic (exact) mass is 499 g/mol. The molecule has 1 N–H and O–H groups in total. The van der Waals surface area contributed by atoms with E-state index in [1.807, 2.05) is 36.4 Å². The molecular formula is C24H29N5O3S2. The summed E-state index contributed by atoms with van der Waals surface area (Å²) in [7, 11) is -3.79. The largest absolute Gasteiger partial charge is 0.300 e. The van der Waals surface area contributed by atoms with Gasteiger partial charge in [-0.05, 0) is 11.1 Å². The second-order valence-corrected chi connectivity index (χ2v) is 12.3. The number of carbonyl (C=O) groups excluding carboxylic acids is 1. The fraction of sp³-hybridized carbons (Fsp3) is 0.375. The number of hydrogen-bond donors (Lipinski definition) is 1. The van der Waals surface area contributed by atoms with Crippen LogP contribution in [0.5, 0.6) is 0 Å². The van der Waals surface area contributed by atoms with Crippen LogP contribution in [-0.4, -0.2) is 59.9 Å². The van der Waals surface area contributed by atoms with Gasteiger partial charge in [0.2, 0.25) is 15.4 Å². The van der Waals surface area contributed by atoms with Gasteiger partial charge in [-0.1, -0.05) is 92.8 Å². The van der Waals surface area contributed by atoms with E-state index in [0.29, 0.717) is 26.2 Å². The summed E-state index contributed by atoms with van der Waals surface area (Å²) in [6, 6.07) is 20.6. The average Bonchev–Trinajstić information content (AvgIpc) is 3.30. The number of benzene rings is 2. The van der Waals surface area contributed by atoms with Crippen LogP contribution in [0.15, 0.2) is 65.0 Å². The van der Waals surface area contributed by atoms with Gasteiger partial charge < -0.3 is 5.32 Å². The first-order valence-electron chi connectivity index (χ1n) is 11.2. The molecule has 3 aromatic rings. The van der Waals surface area contributed by atoms with Crippen molar-refractivity contribution in [3.8, 4) is 0 Å². The average molecular weight is 500 g/mol. The van der Waals surface area contributed by atoms with Gasteiger partial charge in [-0.2, -0.15) is 4.31 Å². The Hall–Kier alpha value is -2.66. The lowest BCUT2D eigenvalue weighted by atomic mass is 9.96. The first kappa shape index (κ1) is 24.5. The van der Waals surface area contributed by atoms with E-state index in [-0.39, 0.29) is 21.4 Å². The Bertz CT molecular complexity index is 1180. The fourth-order valence-corrected chi connectivity index (χ4v) is 6.30. The highest BCUT2D eigenvalue weighted by atomic mass is 32.2. The molecular weight excluding hydrogens is 470 g/mol. The van der Waals surface area contributed by atoms with Gasteiger partial charge in [0, 0.05) is 31.6 Å². The van der Waals surface area contributed by atoms with Gasteiger partial charge in [0.25, 0.3) is 10.0 Å². The Morgan fingerprint density at radius 1 is 0.912 bits per heavy atom. The van der Waals surface area contributed by atoms with Crippen molar-refractivity contribution in [2.45, 2.75) is 31.2 Å². The maximum absolute atomic E-state index is 13.2. The third kappa shape index (κ3) is 5.35. The predicted octanol–water partition coefficient (Wildman–Crippen LogP) is 3.62. The molecule has 1 fully saturated rings. The number of sulfonamides is 1. The highest BCUT2D eigenvalue weighted by Gasteiger charge is 2.34. The van der Waals surface area contributed by atoms with Crippen molar-refractivity contribution in [3.63, 3.8) is 0 Å². The molecule has 2 aromatic carbocycles. The molecule has 2 heterocycles. The smallest absolute Gasteiger partial charge is 0.272 e. The molecule has 0 aliphatic carbocycles. The van der Waals surface area contributed by atoms with Crippen LogP contribution < -0.4 is 5.32 Å². The van der Waals surface area contributed by atoms with Crippen LogP contribution in [-0.2, 0) is 14.8 Å². The Labute approximate surface area is 204 Å². The number of nitrogens with zero attached hydrogens (tertiary/aromatic N) is 4. The second-order valence-electron chi connectivity index (χ2n) is 9.24. The van der Waals surface area contributed by atoms with Gasteiger partial charge in [0.15, 0.2) is 0 Å². The van der Waals surface area contributed by atoms with Crippen molar-refractivity contribution < 1.29 is 13.2 Å². The number of piperazine rings is 1. The lowest BCUT2D eigenvalue weighted by Crippen LogP contribution is -2.49. The summed E-state index contributed by atoms with van der Waals surface area (Å²) >= 11 is 0.881. The third-order valence-electron chi connectivity index (χ3n) is 5.74. The Morgan fingerprint density at radius 2 is 1.44 bits per heavy atom. The molecule has 1 aliphatic rings. The van der Waals surface area contributed by atoms with Crippen LogP contribution in [0.1, 0.15) is 37.9 Å². The van der Waals surface area contributed by atoms with Gasteiger partial charge >= 0.3 is 0 Å². The number of amides is 1. The third-order valence-corrected chi connectivity index (χ3v) is 8.82. The maximum Gasteiger partial charge on any atom is 0.272 e. The highest BCUT2D eigenvalue weighted by molar-refractivity contribution is 7.91. The second kappa shape index (κ2) is 9.91. The van der Waals surface area contributed by atoms with E-state index in [0.717, 1.165) is 11.3 Å². The normalized spacial score (nSPS) is 16.0. The molecule has 34 heavy (non-hydrogen) atoms. The molecule has 0 saturated carbocycles. The summed E-state index contributed by atoms with van der Waals surface area (Å²) in [5.41, 5.74) is 1.73. The maximum atomic E-state index is 13.2. The summed E-state index contributed by atoms with van der Waals surface area (Å²) in [6.07, 6.45) is 0. The topological polar surface area (TPSA) is 95.5 Å². The quantitative estimate of drug-likeness (QED) is 0.521. The molecule has 4 rings (SSSR count). The Balaban J connectivity index is 1.48. The molecule has 1 aromatic heterocycles. The fourth-order valence-electron chi connectivity index (χ4n) is 3.85. The number of nitrogens with one attached hydrogen (secondary N) is 1. The summed E-state index contributed by atoms with van der Waals surface area (Å²) in [4.78, 5) is 14.5. The number of anilines is 1. The Morgan fingerprint density at radius 3 is 1.94 bits per heavy atom. The van der Waals surface area contributed by atoms with Gasteiger partial charge in [-0.3, -0.25) is 9.69 Å². The standard InChI is InChI=1S/C24H29N5O3S2/c1-24(2,3)21(30)25-22-26-27-23(33-22)34(31,32)29-16-14-28(15-17-29)20(18-10-6-4-7-11-18)19-12-8-5-9-13-19/h4-13,20H,14-17H2,1-3H3,(H,25,26,30). The molecule has 1 amide bonds. The van der Waals surface area contributed by atoms with Crippen molar-refractivity contribution in [2.24, 2.45) is 5.41 Å². The van der Waals surface area contributed by atoms with Crippen molar-refractivity contribution >= 4 is 32.4 Å². The summed E-state index contributed by atoms with van der Waals surface area (Å²) in [6.45, 7) is 7.19. The number of carbonyl (C=O) groups is 1. The van der Waals surface area contributed by atoms with E-state index in [4.69, 9.17) is 0 Å². The van der Waals surface area contributed by atoms with Gasteiger partial charge in [0.1, 0.15) is 0 Å². The van der Waals surface area contributed by atoms with Crippen LogP contribution in [0.2, 0.25) is 0 Å². The van der Waals surface area contributed by atoms with E-state index in [2.05, 4.69) is 44.7 Å². The zero-order valence-corrected chi connectivity index (χ0v) is 21.1. The summed E-state index contributed by atoms with van der Waals surface area (Å²) in [5.74, 6) is -0.242. The zero-order chi connectivity index (χ0) is 24.3. The molecule has 1 aliphatic heterocycles. The minimum atomic E-state index is -3.79. The van der Waals surface area contributed by atoms with E-state index in [1.165, 1.54) is 15.4 Å².